The molecule has 0 amide bonds. The van der Waals surface area contributed by atoms with Gasteiger partial charge in [0.05, 0.1) is 7.11 Å². The molecule has 0 saturated carbocycles. The molecule has 0 spiro atoms. The van der Waals surface area contributed by atoms with Crippen LogP contribution in [0.3, 0.4) is 0 Å². The predicted molar refractivity (Wildman–Crippen MR) is 78.2 cm³/mol. The summed E-state index contributed by atoms with van der Waals surface area (Å²) in [6, 6.07) is 9.02. The number of rotatable bonds is 8. The van der Waals surface area contributed by atoms with E-state index in [-0.39, 0.29) is 0 Å². The first-order valence-corrected chi connectivity index (χ1v) is 7.01. The Morgan fingerprint density at radius 1 is 1.17 bits per heavy atom. The minimum Gasteiger partial charge on any atom is -0.497 e. The van der Waals surface area contributed by atoms with Gasteiger partial charge in [-0.25, -0.2) is 0 Å². The van der Waals surface area contributed by atoms with Gasteiger partial charge in [-0.05, 0) is 49.9 Å². The Bertz CT molecular complexity index is 320. The number of hydrogen-bond donors (Lipinski definition) is 1. The lowest BCUT2D eigenvalue weighted by Crippen LogP contribution is -2.32. The maximum Gasteiger partial charge on any atom is 0.118 e. The second-order valence-electron chi connectivity index (χ2n) is 5.05. The highest BCUT2D eigenvalue weighted by Crippen LogP contribution is 2.17. The van der Waals surface area contributed by atoms with E-state index in [2.05, 4.69) is 38.3 Å². The van der Waals surface area contributed by atoms with Crippen molar-refractivity contribution in [3.8, 4) is 5.75 Å². The molecule has 0 heterocycles. The zero-order valence-corrected chi connectivity index (χ0v) is 12.2. The van der Waals surface area contributed by atoms with Crippen LogP contribution in [-0.2, 0) is 6.42 Å². The van der Waals surface area contributed by atoms with E-state index in [1.165, 1.54) is 24.8 Å². The molecule has 1 aromatic rings. The quantitative estimate of drug-likeness (QED) is 0.759. The molecule has 1 rings (SSSR count). The molecule has 0 fully saturated rings. The molecule has 0 aliphatic carbocycles. The summed E-state index contributed by atoms with van der Waals surface area (Å²) < 4.78 is 5.17. The first-order chi connectivity index (χ1) is 8.71. The van der Waals surface area contributed by atoms with Crippen LogP contribution in [0.25, 0.3) is 0 Å². The van der Waals surface area contributed by atoms with Crippen LogP contribution in [0.1, 0.15) is 38.7 Å². The number of methoxy groups -OCH3 is 1. The molecule has 2 heteroatoms. The van der Waals surface area contributed by atoms with Crippen molar-refractivity contribution in [1.29, 1.82) is 0 Å². The molecule has 1 N–H and O–H groups in total. The van der Waals surface area contributed by atoms with Crippen molar-refractivity contribution in [3.63, 3.8) is 0 Å². The van der Waals surface area contributed by atoms with Gasteiger partial charge in [-0.15, -0.1) is 0 Å². The van der Waals surface area contributed by atoms with E-state index in [9.17, 15) is 0 Å². The van der Waals surface area contributed by atoms with E-state index in [0.29, 0.717) is 6.04 Å². The van der Waals surface area contributed by atoms with Gasteiger partial charge in [0.15, 0.2) is 0 Å². The maximum absolute atomic E-state index is 5.17. The van der Waals surface area contributed by atoms with Gasteiger partial charge in [-0.1, -0.05) is 32.4 Å². The lowest BCUT2D eigenvalue weighted by molar-refractivity contribution is 0.355. The lowest BCUT2D eigenvalue weighted by atomic mass is 9.92. The lowest BCUT2D eigenvalue weighted by Gasteiger charge is -2.23. The monoisotopic (exact) mass is 249 g/mol. The van der Waals surface area contributed by atoms with Crippen molar-refractivity contribution >= 4 is 0 Å². The van der Waals surface area contributed by atoms with Gasteiger partial charge in [0, 0.05) is 6.04 Å². The normalized spacial score (nSPS) is 14.2. The summed E-state index contributed by atoms with van der Waals surface area (Å²) in [6.45, 7) is 4.60. The van der Waals surface area contributed by atoms with Gasteiger partial charge in [0.1, 0.15) is 5.75 Å². The minimum absolute atomic E-state index is 0.618. The summed E-state index contributed by atoms with van der Waals surface area (Å²) in [7, 11) is 3.78. The number of nitrogens with one attached hydrogen (secondary N) is 1. The minimum atomic E-state index is 0.618. The predicted octanol–water partition coefficient (Wildman–Crippen LogP) is 3.65. The molecule has 2 atom stereocenters. The van der Waals surface area contributed by atoms with Crippen LogP contribution in [0.2, 0.25) is 0 Å². The molecule has 0 bridgehead atoms. The zero-order valence-electron chi connectivity index (χ0n) is 12.2. The number of aryl methyl sites for hydroxylation is 1. The first-order valence-electron chi connectivity index (χ1n) is 7.01. The first kappa shape index (κ1) is 15.0. The second kappa shape index (κ2) is 8.15. The highest BCUT2D eigenvalue weighted by atomic mass is 16.5. The van der Waals surface area contributed by atoms with E-state index in [1.807, 2.05) is 12.1 Å². The third-order valence-electron chi connectivity index (χ3n) is 3.70. The molecule has 0 radical (unpaired) electrons. The Morgan fingerprint density at radius 2 is 1.83 bits per heavy atom. The zero-order chi connectivity index (χ0) is 13.4. The topological polar surface area (TPSA) is 21.3 Å². The average molecular weight is 249 g/mol. The summed E-state index contributed by atoms with van der Waals surface area (Å²) >= 11 is 0. The molecule has 18 heavy (non-hydrogen) atoms. The highest BCUT2D eigenvalue weighted by Gasteiger charge is 2.14. The molecule has 0 aromatic heterocycles. The smallest absolute Gasteiger partial charge is 0.118 e. The van der Waals surface area contributed by atoms with Gasteiger partial charge >= 0.3 is 0 Å². The van der Waals surface area contributed by atoms with Crippen molar-refractivity contribution in [2.45, 2.75) is 45.6 Å². The summed E-state index contributed by atoms with van der Waals surface area (Å²) in [5, 5.41) is 3.45. The largest absolute Gasteiger partial charge is 0.497 e. The van der Waals surface area contributed by atoms with E-state index in [0.717, 1.165) is 18.1 Å². The molecule has 2 unspecified atom stereocenters. The Balaban J connectivity index is 2.46. The van der Waals surface area contributed by atoms with Crippen LogP contribution in [0.4, 0.5) is 0 Å². The van der Waals surface area contributed by atoms with Gasteiger partial charge < -0.3 is 10.1 Å². The Morgan fingerprint density at radius 3 is 2.33 bits per heavy atom. The van der Waals surface area contributed by atoms with Crippen molar-refractivity contribution in [3.05, 3.63) is 29.8 Å². The summed E-state index contributed by atoms with van der Waals surface area (Å²) in [6.07, 6.45) is 4.89. The molecule has 1 aromatic carbocycles. The highest BCUT2D eigenvalue weighted by molar-refractivity contribution is 5.27. The summed E-state index contributed by atoms with van der Waals surface area (Å²) in [5.74, 6) is 1.68. The van der Waals surface area contributed by atoms with Crippen LogP contribution >= 0.6 is 0 Å². The third kappa shape index (κ3) is 4.69. The maximum atomic E-state index is 5.17. The Labute approximate surface area is 112 Å². The van der Waals surface area contributed by atoms with E-state index < -0.39 is 0 Å². The van der Waals surface area contributed by atoms with Crippen molar-refractivity contribution in [2.24, 2.45) is 5.92 Å². The van der Waals surface area contributed by atoms with Crippen LogP contribution < -0.4 is 10.1 Å². The van der Waals surface area contributed by atoms with Crippen LogP contribution in [0, 0.1) is 5.92 Å². The molecular weight excluding hydrogens is 222 g/mol. The summed E-state index contributed by atoms with van der Waals surface area (Å²) in [5.41, 5.74) is 1.39. The molecule has 2 nitrogen and oxygen atoms in total. The number of benzene rings is 1. The van der Waals surface area contributed by atoms with E-state index in [1.54, 1.807) is 7.11 Å². The van der Waals surface area contributed by atoms with Crippen LogP contribution in [0.15, 0.2) is 24.3 Å². The van der Waals surface area contributed by atoms with Gasteiger partial charge in [-0.3, -0.25) is 0 Å². The molecule has 0 saturated heterocycles. The van der Waals surface area contributed by atoms with Crippen molar-refractivity contribution in [1.82, 2.24) is 5.32 Å². The van der Waals surface area contributed by atoms with Crippen LogP contribution in [-0.4, -0.2) is 20.2 Å². The Kier molecular flexibility index (Phi) is 6.81. The average Bonchev–Trinajstić information content (AvgIpc) is 2.40. The van der Waals surface area contributed by atoms with Crippen LogP contribution in [0.5, 0.6) is 5.75 Å². The Hall–Kier alpha value is -1.02. The van der Waals surface area contributed by atoms with E-state index in [4.69, 9.17) is 4.74 Å². The fourth-order valence-electron chi connectivity index (χ4n) is 2.48. The molecule has 0 aliphatic rings. The van der Waals surface area contributed by atoms with Gasteiger partial charge in [0.25, 0.3) is 0 Å². The number of hydrogen-bond acceptors (Lipinski definition) is 2. The SMILES string of the molecule is CCCC(C)C(CCc1ccc(OC)cc1)NC. The number of ether oxygens (including phenoxy) is 1. The summed E-state index contributed by atoms with van der Waals surface area (Å²) in [4.78, 5) is 0. The van der Waals surface area contributed by atoms with E-state index >= 15 is 0 Å². The second-order valence-corrected chi connectivity index (χ2v) is 5.05. The molecule has 102 valence electrons. The molecular formula is C16H27NO. The molecule has 0 aliphatic heterocycles. The third-order valence-corrected chi connectivity index (χ3v) is 3.70. The van der Waals surface area contributed by atoms with Gasteiger partial charge in [0.2, 0.25) is 0 Å². The fraction of sp³-hybridized carbons (Fsp3) is 0.625. The fourth-order valence-corrected chi connectivity index (χ4v) is 2.48. The standard InChI is InChI=1S/C16H27NO/c1-5-6-13(2)16(17-3)12-9-14-7-10-15(18-4)11-8-14/h7-8,10-11,13,16-17H,5-6,9,12H2,1-4H3. The van der Waals surface area contributed by atoms with Gasteiger partial charge in [-0.2, -0.15) is 0 Å². The van der Waals surface area contributed by atoms with Crippen molar-refractivity contribution in [2.75, 3.05) is 14.2 Å². The van der Waals surface area contributed by atoms with Crippen molar-refractivity contribution < 1.29 is 4.74 Å².